The third-order valence-electron chi connectivity index (χ3n) is 2.89. The molecule has 0 spiro atoms. The Morgan fingerprint density at radius 1 is 1.38 bits per heavy atom. The number of fused-ring (bicyclic) bond motifs is 1. The molecular weight excluding hydrogens is 202 g/mol. The van der Waals surface area contributed by atoms with Crippen molar-refractivity contribution in [3.05, 3.63) is 34.2 Å². The molecule has 0 atom stereocenters. The van der Waals surface area contributed by atoms with Crippen molar-refractivity contribution < 1.29 is 0 Å². The van der Waals surface area contributed by atoms with Gasteiger partial charge >= 0.3 is 5.69 Å². The molecule has 2 aromatic rings. The number of nitrogens with one attached hydrogen (secondary N) is 1. The molecule has 86 valence electrons. The van der Waals surface area contributed by atoms with Crippen LogP contribution in [0.25, 0.3) is 11.0 Å². The van der Waals surface area contributed by atoms with E-state index >= 15 is 0 Å². The van der Waals surface area contributed by atoms with Crippen molar-refractivity contribution >= 4 is 11.0 Å². The summed E-state index contributed by atoms with van der Waals surface area (Å²) < 4.78 is 1.62. The van der Waals surface area contributed by atoms with Gasteiger partial charge in [-0.25, -0.2) is 4.79 Å². The topological polar surface area (TPSA) is 63.8 Å². The Hall–Kier alpha value is -1.55. The van der Waals surface area contributed by atoms with Crippen molar-refractivity contribution in [1.29, 1.82) is 0 Å². The van der Waals surface area contributed by atoms with E-state index in [1.165, 1.54) is 5.56 Å². The van der Waals surface area contributed by atoms with Crippen molar-refractivity contribution in [1.82, 2.24) is 9.55 Å². The lowest BCUT2D eigenvalue weighted by atomic mass is 10.1. The highest BCUT2D eigenvalue weighted by molar-refractivity contribution is 5.75. The molecule has 0 amide bonds. The lowest BCUT2D eigenvalue weighted by molar-refractivity contribution is 0.745. The van der Waals surface area contributed by atoms with E-state index in [0.29, 0.717) is 0 Å². The molecule has 0 saturated carbocycles. The van der Waals surface area contributed by atoms with Crippen LogP contribution in [0.3, 0.4) is 0 Å². The zero-order valence-electron chi connectivity index (χ0n) is 9.49. The Morgan fingerprint density at radius 2 is 2.19 bits per heavy atom. The molecule has 4 heteroatoms. The van der Waals surface area contributed by atoms with Crippen LogP contribution in [0.5, 0.6) is 0 Å². The summed E-state index contributed by atoms with van der Waals surface area (Å²) in [7, 11) is 1.77. The SMILES string of the molecule is Cn1c(=O)[nH]c2cc(CCCCN)ccc21. The number of nitrogens with two attached hydrogens (primary N) is 1. The van der Waals surface area contributed by atoms with E-state index in [4.69, 9.17) is 5.73 Å². The summed E-state index contributed by atoms with van der Waals surface area (Å²) in [5.74, 6) is 0. The predicted molar refractivity (Wildman–Crippen MR) is 65.5 cm³/mol. The average molecular weight is 219 g/mol. The molecule has 2 rings (SSSR count). The van der Waals surface area contributed by atoms with Crippen LogP contribution < -0.4 is 11.4 Å². The summed E-state index contributed by atoms with van der Waals surface area (Å²) in [6.45, 7) is 0.740. The van der Waals surface area contributed by atoms with Crippen molar-refractivity contribution in [2.45, 2.75) is 19.3 Å². The highest BCUT2D eigenvalue weighted by Gasteiger charge is 2.03. The highest BCUT2D eigenvalue weighted by atomic mass is 16.1. The Labute approximate surface area is 94.1 Å². The van der Waals surface area contributed by atoms with Gasteiger partial charge in [-0.1, -0.05) is 6.07 Å². The second kappa shape index (κ2) is 4.53. The minimum atomic E-state index is -0.0610. The van der Waals surface area contributed by atoms with Crippen LogP contribution in [0.1, 0.15) is 18.4 Å². The summed E-state index contributed by atoms with van der Waals surface area (Å²) in [4.78, 5) is 14.2. The predicted octanol–water partition coefficient (Wildman–Crippen LogP) is 1.15. The zero-order chi connectivity index (χ0) is 11.5. The normalized spacial score (nSPS) is 11.1. The maximum atomic E-state index is 11.4. The number of unbranched alkanes of at least 4 members (excludes halogenated alkanes) is 1. The number of H-pyrrole nitrogens is 1. The lowest BCUT2D eigenvalue weighted by Crippen LogP contribution is -2.11. The molecule has 1 aromatic carbocycles. The fraction of sp³-hybridized carbons (Fsp3) is 0.417. The van der Waals surface area contributed by atoms with Gasteiger partial charge in [0.05, 0.1) is 11.0 Å². The van der Waals surface area contributed by atoms with Crippen LogP contribution in [0, 0.1) is 0 Å². The molecular formula is C12H17N3O. The number of aromatic nitrogens is 2. The summed E-state index contributed by atoms with van der Waals surface area (Å²) in [6.07, 6.45) is 3.16. The summed E-state index contributed by atoms with van der Waals surface area (Å²) >= 11 is 0. The van der Waals surface area contributed by atoms with E-state index in [0.717, 1.165) is 36.8 Å². The lowest BCUT2D eigenvalue weighted by Gasteiger charge is -2.01. The van der Waals surface area contributed by atoms with E-state index in [-0.39, 0.29) is 5.69 Å². The zero-order valence-corrected chi connectivity index (χ0v) is 9.49. The van der Waals surface area contributed by atoms with Crippen LogP contribution in [-0.2, 0) is 13.5 Å². The first kappa shape index (κ1) is 11.0. The third kappa shape index (κ3) is 2.02. The standard InChI is InChI=1S/C12H17N3O/c1-15-11-6-5-9(4-2-3-7-13)8-10(11)14-12(15)16/h5-6,8H,2-4,7,13H2,1H3,(H,14,16). The number of hydrogen-bond acceptors (Lipinski definition) is 2. The summed E-state index contributed by atoms with van der Waals surface area (Å²) in [5, 5.41) is 0. The van der Waals surface area contributed by atoms with Crippen LogP contribution in [0.15, 0.2) is 23.0 Å². The first-order chi connectivity index (χ1) is 7.72. The number of aryl methyl sites for hydroxylation is 2. The second-order valence-corrected chi connectivity index (χ2v) is 4.09. The van der Waals surface area contributed by atoms with Crippen molar-refractivity contribution in [3.8, 4) is 0 Å². The fourth-order valence-corrected chi connectivity index (χ4v) is 1.91. The quantitative estimate of drug-likeness (QED) is 0.758. The monoisotopic (exact) mass is 219 g/mol. The maximum Gasteiger partial charge on any atom is 0.326 e. The van der Waals surface area contributed by atoms with Crippen molar-refractivity contribution in [2.75, 3.05) is 6.54 Å². The first-order valence-corrected chi connectivity index (χ1v) is 5.60. The van der Waals surface area contributed by atoms with Crippen LogP contribution in [-0.4, -0.2) is 16.1 Å². The van der Waals surface area contributed by atoms with Crippen molar-refractivity contribution in [2.24, 2.45) is 12.8 Å². The molecule has 0 unspecified atom stereocenters. The Bertz CT molecular complexity index is 539. The van der Waals surface area contributed by atoms with E-state index in [2.05, 4.69) is 11.1 Å². The maximum absolute atomic E-state index is 11.4. The highest BCUT2D eigenvalue weighted by Crippen LogP contribution is 2.13. The van der Waals surface area contributed by atoms with Crippen LogP contribution in [0.4, 0.5) is 0 Å². The molecule has 1 aromatic heterocycles. The van der Waals surface area contributed by atoms with Gasteiger partial charge in [0.15, 0.2) is 0 Å². The molecule has 0 aliphatic heterocycles. The molecule has 0 aliphatic carbocycles. The second-order valence-electron chi connectivity index (χ2n) is 4.09. The third-order valence-corrected chi connectivity index (χ3v) is 2.89. The largest absolute Gasteiger partial charge is 0.330 e. The molecule has 16 heavy (non-hydrogen) atoms. The smallest absolute Gasteiger partial charge is 0.326 e. The Balaban J connectivity index is 2.27. The molecule has 3 N–H and O–H groups in total. The summed E-state index contributed by atoms with van der Waals surface area (Å²) in [5.41, 5.74) is 8.51. The number of aromatic amines is 1. The number of nitrogens with zero attached hydrogens (tertiary/aromatic N) is 1. The van der Waals surface area contributed by atoms with Gasteiger partial charge in [-0.15, -0.1) is 0 Å². The van der Waals surface area contributed by atoms with Crippen LogP contribution >= 0.6 is 0 Å². The summed E-state index contributed by atoms with van der Waals surface area (Å²) in [6, 6.07) is 6.12. The number of benzene rings is 1. The van der Waals surface area contributed by atoms with Gasteiger partial charge in [0.25, 0.3) is 0 Å². The van der Waals surface area contributed by atoms with Gasteiger partial charge < -0.3 is 10.7 Å². The molecule has 0 saturated heterocycles. The van der Waals surface area contributed by atoms with Gasteiger partial charge in [0.1, 0.15) is 0 Å². The fourth-order valence-electron chi connectivity index (χ4n) is 1.91. The Morgan fingerprint density at radius 3 is 2.94 bits per heavy atom. The molecule has 0 fully saturated rings. The molecule has 0 aliphatic rings. The number of imidazole rings is 1. The van der Waals surface area contributed by atoms with E-state index < -0.39 is 0 Å². The number of rotatable bonds is 4. The van der Waals surface area contributed by atoms with Gasteiger partial charge in [-0.05, 0) is 43.5 Å². The Kier molecular flexibility index (Phi) is 3.10. The average Bonchev–Trinajstić information content (AvgIpc) is 2.55. The van der Waals surface area contributed by atoms with Gasteiger partial charge in [-0.3, -0.25) is 4.57 Å². The van der Waals surface area contributed by atoms with Gasteiger partial charge in [0, 0.05) is 7.05 Å². The molecule has 0 bridgehead atoms. The van der Waals surface area contributed by atoms with E-state index in [1.54, 1.807) is 11.6 Å². The molecule has 0 radical (unpaired) electrons. The van der Waals surface area contributed by atoms with Crippen molar-refractivity contribution in [3.63, 3.8) is 0 Å². The van der Waals surface area contributed by atoms with Gasteiger partial charge in [-0.2, -0.15) is 0 Å². The minimum Gasteiger partial charge on any atom is -0.330 e. The minimum absolute atomic E-state index is 0.0610. The van der Waals surface area contributed by atoms with Gasteiger partial charge in [0.2, 0.25) is 0 Å². The molecule has 1 heterocycles. The van der Waals surface area contributed by atoms with Crippen LogP contribution in [0.2, 0.25) is 0 Å². The first-order valence-electron chi connectivity index (χ1n) is 5.60. The van der Waals surface area contributed by atoms with E-state index in [9.17, 15) is 4.79 Å². The molecule has 4 nitrogen and oxygen atoms in total. The number of hydrogen-bond donors (Lipinski definition) is 2. The van der Waals surface area contributed by atoms with E-state index in [1.807, 2.05) is 12.1 Å².